The topological polar surface area (TPSA) is 87.6 Å². The lowest BCUT2D eigenvalue weighted by Crippen LogP contribution is -2.41. The summed E-state index contributed by atoms with van der Waals surface area (Å²) in [6.07, 6.45) is 0.969. The zero-order valence-corrected chi connectivity index (χ0v) is 20.5. The Morgan fingerprint density at radius 2 is 1.97 bits per heavy atom. The van der Waals surface area contributed by atoms with Crippen LogP contribution in [0.3, 0.4) is 0 Å². The number of thiazole rings is 1. The maximum Gasteiger partial charge on any atom is 0.263 e. The van der Waals surface area contributed by atoms with Crippen LogP contribution < -0.4 is 20.7 Å². The number of aryl methyl sites for hydroxylation is 2. The number of nitrogens with zero attached hydrogens (tertiary/aromatic N) is 2. The van der Waals surface area contributed by atoms with Gasteiger partial charge in [-0.1, -0.05) is 19.1 Å². The summed E-state index contributed by atoms with van der Waals surface area (Å²) in [7, 11) is 1.72. The lowest BCUT2D eigenvalue weighted by atomic mass is 10.1. The summed E-state index contributed by atoms with van der Waals surface area (Å²) in [4.78, 5) is 21.0. The lowest BCUT2D eigenvalue weighted by Gasteiger charge is -2.15. The molecule has 0 fully saturated rings. The van der Waals surface area contributed by atoms with Gasteiger partial charge in [0, 0.05) is 32.2 Å². The normalized spacial score (nSPS) is 10.8. The van der Waals surface area contributed by atoms with E-state index < -0.39 is 0 Å². The van der Waals surface area contributed by atoms with Crippen LogP contribution in [0.2, 0.25) is 0 Å². The van der Waals surface area contributed by atoms with Gasteiger partial charge in [0.25, 0.3) is 5.91 Å². The highest BCUT2D eigenvalue weighted by Crippen LogP contribution is 2.20. The quantitative estimate of drug-likeness (QED) is 0.200. The van der Waals surface area contributed by atoms with E-state index in [9.17, 15) is 4.79 Å². The van der Waals surface area contributed by atoms with Crippen LogP contribution in [0.15, 0.2) is 28.7 Å². The third kappa shape index (κ3) is 8.17. The Kier molecular flexibility index (Phi) is 11.6. The molecule has 7 nitrogen and oxygen atoms in total. The van der Waals surface area contributed by atoms with Gasteiger partial charge in [-0.05, 0) is 31.9 Å². The van der Waals surface area contributed by atoms with Crippen molar-refractivity contribution in [3.63, 3.8) is 0 Å². The Labute approximate surface area is 193 Å². The number of aliphatic imine (C=N–C) groups is 1. The van der Waals surface area contributed by atoms with Gasteiger partial charge >= 0.3 is 0 Å². The Hall–Kier alpha value is -1.88. The minimum atomic E-state index is -0.0953. The van der Waals surface area contributed by atoms with Crippen molar-refractivity contribution in [2.24, 2.45) is 4.99 Å². The van der Waals surface area contributed by atoms with Crippen LogP contribution >= 0.6 is 35.3 Å². The van der Waals surface area contributed by atoms with Crippen molar-refractivity contribution in [3.8, 4) is 5.75 Å². The maximum absolute atomic E-state index is 12.1. The fraction of sp³-hybridized carbons (Fsp3) is 0.450. The summed E-state index contributed by atoms with van der Waals surface area (Å²) in [6.45, 7) is 8.34. The molecule has 0 saturated heterocycles. The van der Waals surface area contributed by atoms with Gasteiger partial charge in [0.1, 0.15) is 10.6 Å². The fourth-order valence-electron chi connectivity index (χ4n) is 2.51. The lowest BCUT2D eigenvalue weighted by molar-refractivity contribution is 0.0957. The summed E-state index contributed by atoms with van der Waals surface area (Å²) in [5.41, 5.74) is 4.69. The fourth-order valence-corrected chi connectivity index (χ4v) is 3.23. The molecular formula is C20H30IN5O2S. The molecule has 160 valence electrons. The largest absolute Gasteiger partial charge is 0.493 e. The average Bonchev–Trinajstić information content (AvgIpc) is 3.12. The molecule has 9 heteroatoms. The van der Waals surface area contributed by atoms with Crippen molar-refractivity contribution < 1.29 is 9.53 Å². The van der Waals surface area contributed by atoms with Crippen LogP contribution in [-0.4, -0.2) is 43.6 Å². The summed E-state index contributed by atoms with van der Waals surface area (Å²) >= 11 is 1.35. The first-order chi connectivity index (χ1) is 13.5. The van der Waals surface area contributed by atoms with Gasteiger partial charge in [-0.3, -0.25) is 9.79 Å². The maximum atomic E-state index is 12.1. The number of guanidine groups is 1. The molecule has 0 unspecified atom stereocenters. The number of carbonyl (C=O) groups is 1. The van der Waals surface area contributed by atoms with Crippen molar-refractivity contribution in [1.82, 2.24) is 20.9 Å². The number of amides is 1. The van der Waals surface area contributed by atoms with Crippen LogP contribution in [0.5, 0.6) is 5.75 Å². The zero-order valence-electron chi connectivity index (χ0n) is 17.4. The first-order valence-corrected chi connectivity index (χ1v) is 10.3. The number of benzene rings is 1. The van der Waals surface area contributed by atoms with Gasteiger partial charge in [0.15, 0.2) is 5.96 Å². The number of aromatic nitrogens is 1. The van der Waals surface area contributed by atoms with Crippen molar-refractivity contribution in [3.05, 3.63) is 45.4 Å². The van der Waals surface area contributed by atoms with Gasteiger partial charge in [-0.25, -0.2) is 4.98 Å². The molecule has 29 heavy (non-hydrogen) atoms. The summed E-state index contributed by atoms with van der Waals surface area (Å²) in [5.74, 6) is 1.48. The van der Waals surface area contributed by atoms with Gasteiger partial charge in [0.2, 0.25) is 0 Å². The van der Waals surface area contributed by atoms with Crippen LogP contribution in [0.4, 0.5) is 0 Å². The predicted molar refractivity (Wildman–Crippen MR) is 130 cm³/mol. The molecule has 2 rings (SSSR count). The van der Waals surface area contributed by atoms with E-state index in [4.69, 9.17) is 4.74 Å². The van der Waals surface area contributed by atoms with E-state index in [-0.39, 0.29) is 29.9 Å². The standard InChI is InChI=1S/C20H29N5O2S.HI/c1-5-10-27-17-11-14(2)6-7-16(17)12-24-20(21-4)23-9-8-22-19(26)18-15(3)25-13-28-18;/h6-7,11,13H,5,8-10,12H2,1-4H3,(H,22,26)(H2,21,23,24);1H. The van der Waals surface area contributed by atoms with Crippen molar-refractivity contribution in [2.45, 2.75) is 33.7 Å². The summed E-state index contributed by atoms with van der Waals surface area (Å²) in [5, 5.41) is 9.37. The first kappa shape index (κ1) is 25.2. The minimum Gasteiger partial charge on any atom is -0.493 e. The molecule has 3 N–H and O–H groups in total. The Morgan fingerprint density at radius 1 is 1.21 bits per heavy atom. The Balaban J connectivity index is 0.00000420. The number of rotatable bonds is 9. The monoisotopic (exact) mass is 531 g/mol. The van der Waals surface area contributed by atoms with Crippen LogP contribution in [0.25, 0.3) is 0 Å². The number of halogens is 1. The molecular weight excluding hydrogens is 501 g/mol. The molecule has 0 bridgehead atoms. The van der Waals surface area contributed by atoms with Crippen LogP contribution in [-0.2, 0) is 6.54 Å². The van der Waals surface area contributed by atoms with Crippen LogP contribution in [0, 0.1) is 13.8 Å². The second kappa shape index (κ2) is 13.4. The predicted octanol–water partition coefficient (Wildman–Crippen LogP) is 3.26. The zero-order chi connectivity index (χ0) is 20.4. The molecule has 0 spiro atoms. The number of ether oxygens (including phenoxy) is 1. The number of nitrogens with one attached hydrogen (secondary N) is 3. The van der Waals surface area contributed by atoms with E-state index in [2.05, 4.69) is 58.0 Å². The van der Waals surface area contributed by atoms with E-state index in [0.29, 0.717) is 37.1 Å². The molecule has 1 aromatic heterocycles. The molecule has 2 aromatic rings. The average molecular weight is 531 g/mol. The van der Waals surface area contributed by atoms with Crippen molar-refractivity contribution in [2.75, 3.05) is 26.7 Å². The molecule has 0 aliphatic carbocycles. The minimum absolute atomic E-state index is 0. The van der Waals surface area contributed by atoms with E-state index >= 15 is 0 Å². The molecule has 0 aliphatic heterocycles. The van der Waals surface area contributed by atoms with Gasteiger partial charge < -0.3 is 20.7 Å². The van der Waals surface area contributed by atoms with E-state index in [1.807, 2.05) is 6.92 Å². The van der Waals surface area contributed by atoms with Gasteiger partial charge in [-0.15, -0.1) is 35.3 Å². The number of hydrogen-bond acceptors (Lipinski definition) is 5. The first-order valence-electron chi connectivity index (χ1n) is 9.40. The van der Waals surface area contributed by atoms with Gasteiger partial charge in [0.05, 0.1) is 17.8 Å². The second-order valence-corrected chi connectivity index (χ2v) is 7.19. The molecule has 1 aromatic carbocycles. The van der Waals surface area contributed by atoms with Gasteiger partial charge in [-0.2, -0.15) is 0 Å². The molecule has 1 amide bonds. The molecule has 0 radical (unpaired) electrons. The Bertz CT molecular complexity index is 810. The van der Waals surface area contributed by atoms with Crippen LogP contribution in [0.1, 0.15) is 39.8 Å². The molecule has 1 heterocycles. The van der Waals surface area contributed by atoms with Crippen molar-refractivity contribution >= 4 is 47.2 Å². The highest BCUT2D eigenvalue weighted by atomic mass is 127. The van der Waals surface area contributed by atoms with Crippen molar-refractivity contribution in [1.29, 1.82) is 0 Å². The van der Waals surface area contributed by atoms with E-state index in [1.54, 1.807) is 12.6 Å². The SMILES string of the molecule is CCCOc1cc(C)ccc1CNC(=NC)NCCNC(=O)c1scnc1C.I. The third-order valence-corrected chi connectivity index (χ3v) is 4.94. The third-order valence-electron chi connectivity index (χ3n) is 4.01. The molecule has 0 atom stereocenters. The smallest absolute Gasteiger partial charge is 0.263 e. The number of carbonyl (C=O) groups excluding carboxylic acids is 1. The highest BCUT2D eigenvalue weighted by molar-refractivity contribution is 14.0. The van der Waals surface area contributed by atoms with E-state index in [1.165, 1.54) is 16.9 Å². The van der Waals surface area contributed by atoms with E-state index in [0.717, 1.165) is 23.4 Å². The second-order valence-electron chi connectivity index (χ2n) is 6.33. The highest BCUT2D eigenvalue weighted by Gasteiger charge is 2.11. The molecule has 0 aliphatic rings. The summed E-state index contributed by atoms with van der Waals surface area (Å²) in [6, 6.07) is 6.20. The summed E-state index contributed by atoms with van der Waals surface area (Å²) < 4.78 is 5.85. The molecule has 0 saturated carbocycles. The Morgan fingerprint density at radius 3 is 2.62 bits per heavy atom. The number of hydrogen-bond donors (Lipinski definition) is 3.